The summed E-state index contributed by atoms with van der Waals surface area (Å²) >= 11 is 5.12. The molecule has 0 aliphatic rings. The molecule has 0 radical (unpaired) electrons. The molecule has 0 amide bonds. The van der Waals surface area contributed by atoms with Gasteiger partial charge in [0.15, 0.2) is 0 Å². The van der Waals surface area contributed by atoms with E-state index in [2.05, 4.69) is 27.1 Å². The van der Waals surface area contributed by atoms with Crippen LogP contribution in [0.15, 0.2) is 55.5 Å². The van der Waals surface area contributed by atoms with E-state index in [-0.39, 0.29) is 0 Å². The maximum absolute atomic E-state index is 11.9. The van der Waals surface area contributed by atoms with Crippen LogP contribution in [0.3, 0.4) is 0 Å². The van der Waals surface area contributed by atoms with Crippen LogP contribution >= 0.6 is 27.3 Å². The van der Waals surface area contributed by atoms with Crippen molar-refractivity contribution in [2.24, 2.45) is 0 Å². The van der Waals surface area contributed by atoms with E-state index < -0.39 is 5.76 Å². The van der Waals surface area contributed by atoms with Gasteiger partial charge in [-0.2, -0.15) is 4.68 Å². The van der Waals surface area contributed by atoms with Crippen LogP contribution in [0.4, 0.5) is 0 Å². The molecule has 0 unspecified atom stereocenters. The van der Waals surface area contributed by atoms with Crippen LogP contribution in [0.5, 0.6) is 0 Å². The van der Waals surface area contributed by atoms with Gasteiger partial charge in [0.2, 0.25) is 5.89 Å². The molecule has 0 fully saturated rings. The Morgan fingerprint density at radius 1 is 1.27 bits per heavy atom. The number of nitrogens with zero attached hydrogens (tertiary/aromatic N) is 3. The van der Waals surface area contributed by atoms with E-state index in [0.29, 0.717) is 12.6 Å². The van der Waals surface area contributed by atoms with Crippen LogP contribution in [0.2, 0.25) is 0 Å². The molecule has 114 valence electrons. The molecule has 0 aliphatic heterocycles. The van der Waals surface area contributed by atoms with Gasteiger partial charge in [0, 0.05) is 17.0 Å². The van der Waals surface area contributed by atoms with Crippen LogP contribution in [0.1, 0.15) is 4.88 Å². The van der Waals surface area contributed by atoms with Gasteiger partial charge in [-0.05, 0) is 47.2 Å². The lowest BCUT2D eigenvalue weighted by Crippen LogP contribution is -2.27. The molecule has 0 saturated heterocycles. The second-order valence-corrected chi connectivity index (χ2v) is 7.45. The quantitative estimate of drug-likeness (QED) is 0.681. The standard InChI is InChI=1S/C15H14BrN3O2S/c1-18(9-12-7-8-13(16)22-12)10-19-15(20)21-14(17-19)11-5-3-2-4-6-11/h2-8H,9-10H2,1H3. The number of hydrogen-bond donors (Lipinski definition) is 0. The normalized spacial score (nSPS) is 11.2. The zero-order valence-corrected chi connectivity index (χ0v) is 14.3. The van der Waals surface area contributed by atoms with Gasteiger partial charge in [-0.1, -0.05) is 18.2 Å². The average molecular weight is 380 g/mol. The number of hydrogen-bond acceptors (Lipinski definition) is 5. The molecule has 2 aromatic heterocycles. The van der Waals surface area contributed by atoms with E-state index in [1.807, 2.05) is 48.3 Å². The first-order valence-corrected chi connectivity index (χ1v) is 8.29. The fourth-order valence-corrected chi connectivity index (χ4v) is 3.64. The van der Waals surface area contributed by atoms with E-state index in [4.69, 9.17) is 4.42 Å². The molecule has 5 nitrogen and oxygen atoms in total. The molecule has 0 atom stereocenters. The SMILES string of the molecule is CN(Cc1ccc(Br)s1)Cn1nc(-c2ccccc2)oc1=O. The Bertz CT molecular complexity index is 810. The summed E-state index contributed by atoms with van der Waals surface area (Å²) < 4.78 is 7.66. The number of aromatic nitrogens is 2. The molecule has 0 spiro atoms. The molecule has 7 heteroatoms. The lowest BCUT2D eigenvalue weighted by molar-refractivity contribution is 0.238. The van der Waals surface area contributed by atoms with Gasteiger partial charge in [0.05, 0.1) is 3.79 Å². The highest BCUT2D eigenvalue weighted by Crippen LogP contribution is 2.23. The summed E-state index contributed by atoms with van der Waals surface area (Å²) in [6, 6.07) is 13.5. The van der Waals surface area contributed by atoms with Crippen molar-refractivity contribution in [2.75, 3.05) is 7.05 Å². The highest BCUT2D eigenvalue weighted by Gasteiger charge is 2.12. The van der Waals surface area contributed by atoms with E-state index in [0.717, 1.165) is 15.9 Å². The maximum Gasteiger partial charge on any atom is 0.438 e. The van der Waals surface area contributed by atoms with Gasteiger partial charge in [-0.25, -0.2) is 4.79 Å². The van der Waals surface area contributed by atoms with Crippen molar-refractivity contribution in [1.29, 1.82) is 0 Å². The topological polar surface area (TPSA) is 51.3 Å². The zero-order chi connectivity index (χ0) is 15.5. The molecule has 0 aliphatic carbocycles. The first-order valence-electron chi connectivity index (χ1n) is 6.68. The minimum Gasteiger partial charge on any atom is -0.388 e. The summed E-state index contributed by atoms with van der Waals surface area (Å²) in [7, 11) is 1.94. The first kappa shape index (κ1) is 15.2. The fourth-order valence-electron chi connectivity index (χ4n) is 2.07. The van der Waals surface area contributed by atoms with Crippen molar-refractivity contribution in [2.45, 2.75) is 13.2 Å². The first-order chi connectivity index (χ1) is 10.6. The minimum absolute atomic E-state index is 0.345. The number of thiophene rings is 1. The Hall–Kier alpha value is -1.70. The van der Waals surface area contributed by atoms with E-state index >= 15 is 0 Å². The Kier molecular flexibility index (Phi) is 4.56. The largest absolute Gasteiger partial charge is 0.438 e. The Balaban J connectivity index is 1.73. The third kappa shape index (κ3) is 3.55. The summed E-state index contributed by atoms with van der Waals surface area (Å²) in [6.45, 7) is 1.13. The van der Waals surface area contributed by atoms with Gasteiger partial charge in [-0.3, -0.25) is 4.90 Å². The molecule has 0 bridgehead atoms. The Morgan fingerprint density at radius 2 is 2.05 bits per heavy atom. The Labute approximate surface area is 139 Å². The van der Waals surface area contributed by atoms with Crippen molar-refractivity contribution in [3.63, 3.8) is 0 Å². The van der Waals surface area contributed by atoms with Crippen LogP contribution < -0.4 is 5.76 Å². The molecular weight excluding hydrogens is 366 g/mol. The van der Waals surface area contributed by atoms with Crippen molar-refractivity contribution in [1.82, 2.24) is 14.7 Å². The van der Waals surface area contributed by atoms with Crippen LogP contribution in [-0.2, 0) is 13.2 Å². The van der Waals surface area contributed by atoms with Crippen molar-refractivity contribution < 1.29 is 4.42 Å². The van der Waals surface area contributed by atoms with E-state index in [9.17, 15) is 4.79 Å². The van der Waals surface area contributed by atoms with Gasteiger partial charge in [0.25, 0.3) is 0 Å². The minimum atomic E-state index is -0.446. The lowest BCUT2D eigenvalue weighted by Gasteiger charge is -2.13. The number of halogens is 1. The summed E-state index contributed by atoms with van der Waals surface area (Å²) in [4.78, 5) is 15.1. The van der Waals surface area contributed by atoms with Gasteiger partial charge < -0.3 is 4.42 Å². The van der Waals surface area contributed by atoms with Crippen molar-refractivity contribution in [3.05, 3.63) is 61.7 Å². The molecular formula is C15H14BrN3O2S. The lowest BCUT2D eigenvalue weighted by atomic mass is 10.2. The molecule has 1 aromatic carbocycles. The molecule has 0 saturated carbocycles. The predicted molar refractivity (Wildman–Crippen MR) is 89.7 cm³/mol. The summed E-state index contributed by atoms with van der Waals surface area (Å²) in [5, 5.41) is 4.26. The summed E-state index contributed by atoms with van der Waals surface area (Å²) in [6.07, 6.45) is 0. The van der Waals surface area contributed by atoms with Crippen molar-refractivity contribution >= 4 is 27.3 Å². The highest BCUT2D eigenvalue weighted by atomic mass is 79.9. The molecule has 22 heavy (non-hydrogen) atoms. The van der Waals surface area contributed by atoms with Crippen LogP contribution in [-0.4, -0.2) is 21.7 Å². The van der Waals surface area contributed by atoms with Crippen LogP contribution in [0, 0.1) is 0 Å². The molecule has 3 rings (SSSR count). The van der Waals surface area contributed by atoms with Crippen LogP contribution in [0.25, 0.3) is 11.5 Å². The fraction of sp³-hybridized carbons (Fsp3) is 0.200. The van der Waals surface area contributed by atoms with Gasteiger partial charge in [0.1, 0.15) is 6.67 Å². The monoisotopic (exact) mass is 379 g/mol. The number of benzene rings is 1. The van der Waals surface area contributed by atoms with E-state index in [1.165, 1.54) is 9.56 Å². The second-order valence-electron chi connectivity index (χ2n) is 4.90. The predicted octanol–water partition coefficient (Wildman–Crippen LogP) is 3.42. The van der Waals surface area contributed by atoms with Gasteiger partial charge in [-0.15, -0.1) is 16.4 Å². The Morgan fingerprint density at radius 3 is 2.73 bits per heavy atom. The summed E-state index contributed by atoms with van der Waals surface area (Å²) in [5.74, 6) is -0.101. The molecule has 3 aromatic rings. The maximum atomic E-state index is 11.9. The summed E-state index contributed by atoms with van der Waals surface area (Å²) in [5.41, 5.74) is 0.795. The third-order valence-corrected chi connectivity index (χ3v) is 4.67. The van der Waals surface area contributed by atoms with Gasteiger partial charge >= 0.3 is 5.76 Å². The third-order valence-electron chi connectivity index (χ3n) is 3.06. The molecule has 0 N–H and O–H groups in total. The smallest absolute Gasteiger partial charge is 0.388 e. The number of rotatable bonds is 5. The van der Waals surface area contributed by atoms with E-state index in [1.54, 1.807) is 11.3 Å². The molecule has 2 heterocycles. The highest BCUT2D eigenvalue weighted by molar-refractivity contribution is 9.11. The average Bonchev–Trinajstić information content (AvgIpc) is 3.07. The van der Waals surface area contributed by atoms with Crippen molar-refractivity contribution in [3.8, 4) is 11.5 Å². The second kappa shape index (κ2) is 6.60. The zero-order valence-electron chi connectivity index (χ0n) is 11.9.